The van der Waals surface area contributed by atoms with E-state index in [1.165, 1.54) is 5.56 Å². The number of aryl methyl sites for hydroxylation is 1. The van der Waals surface area contributed by atoms with Gasteiger partial charge in [0.05, 0.1) is 6.04 Å². The first-order valence-corrected chi connectivity index (χ1v) is 11.4. The van der Waals surface area contributed by atoms with Crippen LogP contribution in [0.5, 0.6) is 0 Å². The fraction of sp³-hybridized carbons (Fsp3) is 0.625. The van der Waals surface area contributed by atoms with Crippen LogP contribution < -0.4 is 11.1 Å². The normalized spacial score (nSPS) is 18.0. The van der Waals surface area contributed by atoms with E-state index in [4.69, 9.17) is 5.73 Å². The molecule has 0 radical (unpaired) electrons. The Morgan fingerprint density at radius 3 is 2.45 bits per heavy atom. The molecule has 2 rings (SSSR count). The highest BCUT2D eigenvalue weighted by molar-refractivity contribution is 5.90. The SMILES string of the molecule is CC(=O)N(CCCc1ccccc1)C[C@@H]1CCCN1C(=O)[C@@H](NC(=O)[C@H](C)N)C(C)C. The Labute approximate surface area is 186 Å². The number of nitrogens with zero attached hydrogens (tertiary/aromatic N) is 2. The quantitative estimate of drug-likeness (QED) is 0.593. The van der Waals surface area contributed by atoms with Gasteiger partial charge in [-0.25, -0.2) is 0 Å². The number of hydrogen-bond donors (Lipinski definition) is 2. The van der Waals surface area contributed by atoms with Crippen molar-refractivity contribution in [1.29, 1.82) is 0 Å². The first-order chi connectivity index (χ1) is 14.7. The number of benzene rings is 1. The summed E-state index contributed by atoms with van der Waals surface area (Å²) in [6.07, 6.45) is 3.55. The maximum absolute atomic E-state index is 13.3. The third kappa shape index (κ3) is 7.35. The van der Waals surface area contributed by atoms with E-state index in [0.29, 0.717) is 19.6 Å². The summed E-state index contributed by atoms with van der Waals surface area (Å²) in [7, 11) is 0. The second-order valence-corrected chi connectivity index (χ2v) is 8.90. The molecule has 1 aromatic carbocycles. The minimum Gasteiger partial charge on any atom is -0.343 e. The summed E-state index contributed by atoms with van der Waals surface area (Å²) >= 11 is 0. The lowest BCUT2D eigenvalue weighted by Gasteiger charge is -2.34. The van der Waals surface area contributed by atoms with E-state index >= 15 is 0 Å². The molecule has 31 heavy (non-hydrogen) atoms. The summed E-state index contributed by atoms with van der Waals surface area (Å²) in [5.74, 6) is -0.433. The summed E-state index contributed by atoms with van der Waals surface area (Å²) in [6, 6.07) is 8.93. The van der Waals surface area contributed by atoms with Crippen LogP contribution in [0.3, 0.4) is 0 Å². The first kappa shape index (κ1) is 24.9. The molecule has 1 aliphatic rings. The summed E-state index contributed by atoms with van der Waals surface area (Å²) < 4.78 is 0. The summed E-state index contributed by atoms with van der Waals surface area (Å²) in [4.78, 5) is 41.3. The molecule has 1 saturated heterocycles. The molecular formula is C24H38N4O3. The molecule has 0 unspecified atom stereocenters. The highest BCUT2D eigenvalue weighted by Crippen LogP contribution is 2.21. The predicted octanol–water partition coefficient (Wildman–Crippen LogP) is 1.95. The molecular weight excluding hydrogens is 392 g/mol. The lowest BCUT2D eigenvalue weighted by molar-refractivity contribution is -0.140. The van der Waals surface area contributed by atoms with Gasteiger partial charge in [0.1, 0.15) is 6.04 Å². The number of amides is 3. The van der Waals surface area contributed by atoms with Gasteiger partial charge in [0.25, 0.3) is 0 Å². The van der Waals surface area contributed by atoms with Crippen LogP contribution in [-0.4, -0.2) is 65.3 Å². The Morgan fingerprint density at radius 1 is 1.19 bits per heavy atom. The van der Waals surface area contributed by atoms with Crippen molar-refractivity contribution in [2.45, 2.75) is 71.5 Å². The summed E-state index contributed by atoms with van der Waals surface area (Å²) in [6.45, 7) is 8.87. The largest absolute Gasteiger partial charge is 0.343 e. The van der Waals surface area contributed by atoms with Gasteiger partial charge in [-0.3, -0.25) is 14.4 Å². The molecule has 0 saturated carbocycles. The van der Waals surface area contributed by atoms with Crippen LogP contribution in [0.15, 0.2) is 30.3 Å². The number of carbonyl (C=O) groups excluding carboxylic acids is 3. The Kier molecular flexibility index (Phi) is 9.49. The first-order valence-electron chi connectivity index (χ1n) is 11.4. The third-order valence-electron chi connectivity index (χ3n) is 5.92. The fourth-order valence-electron chi connectivity index (χ4n) is 4.04. The van der Waals surface area contributed by atoms with Gasteiger partial charge in [0.15, 0.2) is 0 Å². The molecule has 3 N–H and O–H groups in total. The zero-order valence-corrected chi connectivity index (χ0v) is 19.3. The molecule has 0 spiro atoms. The molecule has 3 amide bonds. The standard InChI is InChI=1S/C24H38N4O3/c1-17(2)22(26-23(30)18(3)25)24(31)28-15-9-13-21(28)16-27(19(4)29)14-8-12-20-10-6-5-7-11-20/h5-7,10-11,17-18,21-22H,8-9,12-16,25H2,1-4H3,(H,26,30)/t18-,21-,22-/m0/s1. The van der Waals surface area contributed by atoms with E-state index < -0.39 is 12.1 Å². The fourth-order valence-corrected chi connectivity index (χ4v) is 4.04. The number of carbonyl (C=O) groups is 3. The van der Waals surface area contributed by atoms with Crippen molar-refractivity contribution in [3.05, 3.63) is 35.9 Å². The summed E-state index contributed by atoms with van der Waals surface area (Å²) in [5.41, 5.74) is 6.93. The summed E-state index contributed by atoms with van der Waals surface area (Å²) in [5, 5.41) is 2.81. The second-order valence-electron chi connectivity index (χ2n) is 8.90. The van der Waals surface area contributed by atoms with Crippen molar-refractivity contribution in [1.82, 2.24) is 15.1 Å². The molecule has 0 aromatic heterocycles. The lowest BCUT2D eigenvalue weighted by atomic mass is 10.0. The molecule has 1 heterocycles. The number of nitrogens with one attached hydrogen (secondary N) is 1. The molecule has 1 aromatic rings. The van der Waals surface area contributed by atoms with Crippen LogP contribution in [0.1, 0.15) is 52.5 Å². The molecule has 0 bridgehead atoms. The lowest BCUT2D eigenvalue weighted by Crippen LogP contribution is -2.56. The van der Waals surface area contributed by atoms with E-state index in [1.54, 1.807) is 13.8 Å². The van der Waals surface area contributed by atoms with E-state index in [1.807, 2.05) is 41.8 Å². The monoisotopic (exact) mass is 430 g/mol. The average Bonchev–Trinajstić information content (AvgIpc) is 3.19. The van der Waals surface area contributed by atoms with Crippen molar-refractivity contribution in [2.24, 2.45) is 11.7 Å². The molecule has 1 fully saturated rings. The smallest absolute Gasteiger partial charge is 0.245 e. The molecule has 0 aliphatic carbocycles. The van der Waals surface area contributed by atoms with Crippen LogP contribution in [0.4, 0.5) is 0 Å². The predicted molar refractivity (Wildman–Crippen MR) is 122 cm³/mol. The molecule has 7 nitrogen and oxygen atoms in total. The molecule has 1 aliphatic heterocycles. The number of likely N-dealkylation sites (tertiary alicyclic amines) is 1. The van der Waals surface area contributed by atoms with Crippen LogP contribution in [0.25, 0.3) is 0 Å². The average molecular weight is 431 g/mol. The van der Waals surface area contributed by atoms with Gasteiger partial charge in [-0.15, -0.1) is 0 Å². The van der Waals surface area contributed by atoms with Gasteiger partial charge in [0, 0.05) is 32.6 Å². The van der Waals surface area contributed by atoms with Crippen LogP contribution >= 0.6 is 0 Å². The Hall–Kier alpha value is -2.41. The maximum Gasteiger partial charge on any atom is 0.245 e. The van der Waals surface area contributed by atoms with Crippen LogP contribution in [-0.2, 0) is 20.8 Å². The highest BCUT2D eigenvalue weighted by atomic mass is 16.2. The van der Waals surface area contributed by atoms with Crippen molar-refractivity contribution >= 4 is 17.7 Å². The maximum atomic E-state index is 13.3. The Balaban J connectivity index is 1.99. The van der Waals surface area contributed by atoms with Crippen molar-refractivity contribution in [3.8, 4) is 0 Å². The molecule has 3 atom stereocenters. The van der Waals surface area contributed by atoms with Gasteiger partial charge < -0.3 is 20.9 Å². The van der Waals surface area contributed by atoms with Gasteiger partial charge >= 0.3 is 0 Å². The minimum atomic E-state index is -0.666. The van der Waals surface area contributed by atoms with E-state index in [2.05, 4.69) is 17.4 Å². The van der Waals surface area contributed by atoms with Crippen molar-refractivity contribution < 1.29 is 14.4 Å². The topological polar surface area (TPSA) is 95.7 Å². The van der Waals surface area contributed by atoms with Crippen molar-refractivity contribution in [3.63, 3.8) is 0 Å². The van der Waals surface area contributed by atoms with Gasteiger partial charge in [-0.2, -0.15) is 0 Å². The zero-order chi connectivity index (χ0) is 23.0. The number of rotatable bonds is 10. The van der Waals surface area contributed by atoms with Crippen LogP contribution in [0.2, 0.25) is 0 Å². The van der Waals surface area contributed by atoms with E-state index in [-0.39, 0.29) is 29.7 Å². The van der Waals surface area contributed by atoms with Gasteiger partial charge in [-0.05, 0) is 44.1 Å². The van der Waals surface area contributed by atoms with Gasteiger partial charge in [-0.1, -0.05) is 44.2 Å². The third-order valence-corrected chi connectivity index (χ3v) is 5.92. The van der Waals surface area contributed by atoms with Crippen LogP contribution in [0, 0.1) is 5.92 Å². The number of hydrogen-bond acceptors (Lipinski definition) is 4. The molecule has 172 valence electrons. The zero-order valence-electron chi connectivity index (χ0n) is 19.3. The minimum absolute atomic E-state index is 0.0260. The van der Waals surface area contributed by atoms with Gasteiger partial charge in [0.2, 0.25) is 17.7 Å². The number of nitrogens with two attached hydrogens (primary N) is 1. The highest BCUT2D eigenvalue weighted by Gasteiger charge is 2.36. The Bertz CT molecular complexity index is 736. The molecule has 7 heteroatoms. The second kappa shape index (κ2) is 11.8. The van der Waals surface area contributed by atoms with E-state index in [0.717, 1.165) is 25.7 Å². The van der Waals surface area contributed by atoms with E-state index in [9.17, 15) is 14.4 Å². The van der Waals surface area contributed by atoms with Crippen molar-refractivity contribution in [2.75, 3.05) is 19.6 Å². The Morgan fingerprint density at radius 2 is 1.87 bits per heavy atom.